The molecule has 2 aromatic rings. The van der Waals surface area contributed by atoms with E-state index in [9.17, 15) is 18.3 Å². The number of pyridine rings is 1. The SMILES string of the molecule is C[C@H](CO)N1C(c2ccc(OC(F)(F)F)cc2)=CC=NC1c1cccnc1. The van der Waals surface area contributed by atoms with Crippen LogP contribution in [0.5, 0.6) is 5.75 Å². The second kappa shape index (κ2) is 7.79. The Kier molecular flexibility index (Phi) is 5.46. The zero-order valence-corrected chi connectivity index (χ0v) is 14.5. The highest BCUT2D eigenvalue weighted by Crippen LogP contribution is 2.35. The predicted octanol–water partition coefficient (Wildman–Crippen LogP) is 3.79. The van der Waals surface area contributed by atoms with Gasteiger partial charge < -0.3 is 14.7 Å². The topological polar surface area (TPSA) is 58.0 Å². The number of aromatic nitrogens is 1. The molecule has 2 heterocycles. The quantitative estimate of drug-likeness (QED) is 0.861. The number of hydrogen-bond donors (Lipinski definition) is 1. The molecule has 1 N–H and O–H groups in total. The first-order valence-electron chi connectivity index (χ1n) is 8.28. The van der Waals surface area contributed by atoms with Gasteiger partial charge in [0.1, 0.15) is 11.9 Å². The minimum atomic E-state index is -4.73. The molecule has 1 unspecified atom stereocenters. The highest BCUT2D eigenvalue weighted by molar-refractivity contribution is 5.86. The molecule has 0 bridgehead atoms. The minimum Gasteiger partial charge on any atom is -0.406 e. The summed E-state index contributed by atoms with van der Waals surface area (Å²) in [7, 11) is 0. The number of benzene rings is 1. The van der Waals surface area contributed by atoms with E-state index in [1.807, 2.05) is 17.9 Å². The Morgan fingerprint density at radius 3 is 2.56 bits per heavy atom. The zero-order chi connectivity index (χ0) is 19.4. The number of aliphatic hydroxyl groups excluding tert-OH is 1. The summed E-state index contributed by atoms with van der Waals surface area (Å²) in [5, 5.41) is 9.71. The van der Waals surface area contributed by atoms with Crippen molar-refractivity contribution in [2.75, 3.05) is 6.61 Å². The van der Waals surface area contributed by atoms with Crippen LogP contribution in [0.25, 0.3) is 5.70 Å². The van der Waals surface area contributed by atoms with Gasteiger partial charge in [-0.3, -0.25) is 9.98 Å². The summed E-state index contributed by atoms with van der Waals surface area (Å²) >= 11 is 0. The minimum absolute atomic E-state index is 0.112. The molecule has 0 fully saturated rings. The Morgan fingerprint density at radius 1 is 1.22 bits per heavy atom. The Balaban J connectivity index is 1.93. The predicted molar refractivity (Wildman–Crippen MR) is 95.0 cm³/mol. The number of allylic oxidation sites excluding steroid dienone is 1. The highest BCUT2D eigenvalue weighted by atomic mass is 19.4. The molecular weight excluding hydrogens is 359 g/mol. The van der Waals surface area contributed by atoms with Crippen molar-refractivity contribution in [1.82, 2.24) is 9.88 Å². The van der Waals surface area contributed by atoms with Crippen LogP contribution in [0.1, 0.15) is 24.2 Å². The summed E-state index contributed by atoms with van der Waals surface area (Å²) in [5.74, 6) is -0.290. The van der Waals surface area contributed by atoms with Gasteiger partial charge in [-0.1, -0.05) is 6.07 Å². The van der Waals surface area contributed by atoms with Crippen LogP contribution in [0.3, 0.4) is 0 Å². The molecule has 0 spiro atoms. The van der Waals surface area contributed by atoms with Crippen LogP contribution in [-0.4, -0.2) is 40.2 Å². The van der Waals surface area contributed by atoms with E-state index in [0.29, 0.717) is 5.56 Å². The van der Waals surface area contributed by atoms with E-state index in [1.54, 1.807) is 42.9 Å². The van der Waals surface area contributed by atoms with Gasteiger partial charge in [-0.2, -0.15) is 0 Å². The van der Waals surface area contributed by atoms with Crippen LogP contribution in [0.2, 0.25) is 0 Å². The van der Waals surface area contributed by atoms with Gasteiger partial charge in [-0.25, -0.2) is 0 Å². The van der Waals surface area contributed by atoms with E-state index in [0.717, 1.165) is 11.3 Å². The van der Waals surface area contributed by atoms with Crippen LogP contribution in [0.15, 0.2) is 59.9 Å². The molecule has 1 aliphatic heterocycles. The van der Waals surface area contributed by atoms with Crippen molar-refractivity contribution in [2.45, 2.75) is 25.5 Å². The molecule has 1 aromatic heterocycles. The van der Waals surface area contributed by atoms with Gasteiger partial charge in [0.25, 0.3) is 0 Å². The molecule has 5 nitrogen and oxygen atoms in total. The van der Waals surface area contributed by atoms with Crippen molar-refractivity contribution in [3.8, 4) is 5.75 Å². The summed E-state index contributed by atoms with van der Waals surface area (Å²) in [6.45, 7) is 1.73. The zero-order valence-electron chi connectivity index (χ0n) is 14.5. The van der Waals surface area contributed by atoms with E-state index in [4.69, 9.17) is 0 Å². The lowest BCUT2D eigenvalue weighted by atomic mass is 10.0. The Labute approximate surface area is 154 Å². The molecule has 8 heteroatoms. The van der Waals surface area contributed by atoms with Crippen LogP contribution < -0.4 is 4.74 Å². The van der Waals surface area contributed by atoms with Gasteiger partial charge in [-0.15, -0.1) is 13.2 Å². The summed E-state index contributed by atoms with van der Waals surface area (Å²) in [6, 6.07) is 9.02. The number of nitrogens with zero attached hydrogens (tertiary/aromatic N) is 3. The summed E-state index contributed by atoms with van der Waals surface area (Å²) in [5.41, 5.74) is 2.26. The Bertz CT molecular complexity index is 820. The van der Waals surface area contributed by atoms with Crippen molar-refractivity contribution in [3.05, 3.63) is 66.0 Å². The summed E-state index contributed by atoms with van der Waals surface area (Å²) in [6.07, 6.45) is 1.63. The smallest absolute Gasteiger partial charge is 0.406 e. The van der Waals surface area contributed by atoms with Crippen molar-refractivity contribution >= 4 is 11.9 Å². The lowest BCUT2D eigenvalue weighted by molar-refractivity contribution is -0.274. The number of hydrogen-bond acceptors (Lipinski definition) is 5. The molecule has 3 rings (SSSR count). The first-order chi connectivity index (χ1) is 12.9. The maximum atomic E-state index is 12.4. The maximum absolute atomic E-state index is 12.4. The summed E-state index contributed by atoms with van der Waals surface area (Å²) in [4.78, 5) is 10.5. The fourth-order valence-corrected chi connectivity index (χ4v) is 2.90. The maximum Gasteiger partial charge on any atom is 0.573 e. The summed E-state index contributed by atoms with van der Waals surface area (Å²) < 4.78 is 41.0. The van der Waals surface area contributed by atoms with Crippen molar-refractivity contribution in [1.29, 1.82) is 0 Å². The van der Waals surface area contributed by atoms with Crippen LogP contribution in [0, 0.1) is 0 Å². The Morgan fingerprint density at radius 2 is 1.96 bits per heavy atom. The van der Waals surface area contributed by atoms with Crippen molar-refractivity contribution < 1.29 is 23.0 Å². The number of ether oxygens (including phenoxy) is 1. The van der Waals surface area contributed by atoms with E-state index in [-0.39, 0.29) is 18.4 Å². The van der Waals surface area contributed by atoms with E-state index in [2.05, 4.69) is 14.7 Å². The fourth-order valence-electron chi connectivity index (χ4n) is 2.90. The van der Waals surface area contributed by atoms with Crippen molar-refractivity contribution in [2.24, 2.45) is 4.99 Å². The van der Waals surface area contributed by atoms with Gasteiger partial charge in [0.2, 0.25) is 0 Å². The number of aliphatic hydroxyl groups is 1. The molecule has 0 aliphatic carbocycles. The van der Waals surface area contributed by atoms with Gasteiger partial charge in [0.05, 0.1) is 12.6 Å². The Hall–Kier alpha value is -2.87. The van der Waals surface area contributed by atoms with Gasteiger partial charge in [0.15, 0.2) is 0 Å². The molecule has 0 saturated carbocycles. The first-order valence-corrected chi connectivity index (χ1v) is 8.28. The van der Waals surface area contributed by atoms with Crippen LogP contribution in [0.4, 0.5) is 13.2 Å². The third-order valence-corrected chi connectivity index (χ3v) is 4.11. The lowest BCUT2D eigenvalue weighted by Crippen LogP contribution is -2.38. The second-order valence-corrected chi connectivity index (χ2v) is 6.02. The van der Waals surface area contributed by atoms with Gasteiger partial charge in [-0.05, 0) is 48.9 Å². The average Bonchev–Trinajstić information content (AvgIpc) is 2.67. The molecule has 142 valence electrons. The largest absolute Gasteiger partial charge is 0.573 e. The normalized spacial score (nSPS) is 18.2. The first kappa shape index (κ1) is 18.9. The lowest BCUT2D eigenvalue weighted by Gasteiger charge is -2.39. The van der Waals surface area contributed by atoms with E-state index < -0.39 is 12.5 Å². The average molecular weight is 377 g/mol. The molecule has 2 atom stereocenters. The van der Waals surface area contributed by atoms with E-state index >= 15 is 0 Å². The number of alkyl halides is 3. The standard InChI is InChI=1S/C19H18F3N3O2/c1-13(12-26)25-17(8-10-24-18(25)15-3-2-9-23-11-15)14-4-6-16(7-5-14)27-19(20,21)22/h2-11,13,18,26H,12H2,1H3/t13-,18?/m1/s1. The molecule has 0 amide bonds. The molecule has 1 aromatic carbocycles. The fraction of sp³-hybridized carbons (Fsp3) is 0.263. The van der Waals surface area contributed by atoms with Crippen LogP contribution in [-0.2, 0) is 0 Å². The third-order valence-electron chi connectivity index (χ3n) is 4.11. The highest BCUT2D eigenvalue weighted by Gasteiger charge is 2.32. The van der Waals surface area contributed by atoms with Gasteiger partial charge >= 0.3 is 6.36 Å². The molecular formula is C19H18F3N3O2. The molecule has 1 aliphatic rings. The number of aliphatic imine (C=N–C) groups is 1. The van der Waals surface area contributed by atoms with Crippen molar-refractivity contribution in [3.63, 3.8) is 0 Å². The molecule has 0 saturated heterocycles. The van der Waals surface area contributed by atoms with Gasteiger partial charge in [0, 0.05) is 29.9 Å². The van der Waals surface area contributed by atoms with E-state index in [1.165, 1.54) is 12.1 Å². The molecule has 0 radical (unpaired) electrons. The van der Waals surface area contributed by atoms with Crippen LogP contribution >= 0.6 is 0 Å². The number of rotatable bonds is 5. The third kappa shape index (κ3) is 4.46. The molecule has 27 heavy (non-hydrogen) atoms. The second-order valence-electron chi connectivity index (χ2n) is 6.02. The number of halogens is 3. The monoisotopic (exact) mass is 377 g/mol.